The lowest BCUT2D eigenvalue weighted by molar-refractivity contribution is -0.146. The van der Waals surface area contributed by atoms with Gasteiger partial charge in [-0.15, -0.1) is 0 Å². The fraction of sp³-hybridized carbons (Fsp3) is 0.304. The minimum Gasteiger partial charge on any atom is -0.495 e. The monoisotopic (exact) mass is 499 g/mol. The molecule has 4 rings (SSSR count). The van der Waals surface area contributed by atoms with Crippen molar-refractivity contribution in [1.82, 2.24) is 20.1 Å². The molecule has 12 heteroatoms. The van der Waals surface area contributed by atoms with E-state index < -0.39 is 22.0 Å². The molecule has 0 spiro atoms. The number of esters is 1. The van der Waals surface area contributed by atoms with Gasteiger partial charge in [0.25, 0.3) is 15.9 Å². The van der Waals surface area contributed by atoms with Gasteiger partial charge < -0.3 is 14.8 Å². The van der Waals surface area contributed by atoms with E-state index in [9.17, 15) is 18.0 Å². The van der Waals surface area contributed by atoms with Crippen molar-refractivity contribution in [2.24, 2.45) is 0 Å². The molecule has 0 saturated carbocycles. The minimum absolute atomic E-state index is 0.106. The van der Waals surface area contributed by atoms with Gasteiger partial charge in [-0.1, -0.05) is 6.07 Å². The normalized spacial score (nSPS) is 14.0. The van der Waals surface area contributed by atoms with E-state index in [2.05, 4.69) is 20.1 Å². The van der Waals surface area contributed by atoms with E-state index in [0.29, 0.717) is 35.3 Å². The molecular formula is C23H25N5O6S. The first-order valence-corrected chi connectivity index (χ1v) is 12.4. The number of aromatic nitrogens is 3. The van der Waals surface area contributed by atoms with Crippen LogP contribution in [-0.4, -0.2) is 55.3 Å². The maximum atomic E-state index is 13.3. The molecule has 0 bridgehead atoms. The molecule has 1 unspecified atom stereocenters. The Hall–Kier alpha value is -3.93. The zero-order valence-corrected chi connectivity index (χ0v) is 20.3. The summed E-state index contributed by atoms with van der Waals surface area (Å²) >= 11 is 0. The lowest BCUT2D eigenvalue weighted by Crippen LogP contribution is -2.32. The number of nitrogens with one attached hydrogen (secondary N) is 2. The van der Waals surface area contributed by atoms with E-state index in [-0.39, 0.29) is 28.8 Å². The van der Waals surface area contributed by atoms with Gasteiger partial charge in [-0.25, -0.2) is 13.2 Å². The topological polar surface area (TPSA) is 142 Å². The molecule has 35 heavy (non-hydrogen) atoms. The molecule has 1 aliphatic heterocycles. The average molecular weight is 500 g/mol. The Morgan fingerprint density at radius 3 is 2.80 bits per heavy atom. The van der Waals surface area contributed by atoms with Gasteiger partial charge in [0.15, 0.2) is 0 Å². The standard InChI is InChI=1S/C23H25N5O6S/c1-4-34-23(30)14(2)28-13-16(11-26-28)15-5-6-20(33-3)21(9-15)35(31,32)27-17-10-18-19(25-12-17)7-8-24-22(18)29/h5-6,9-14,27H,4,7-8H2,1-3H3,(H,24,29). The summed E-state index contributed by atoms with van der Waals surface area (Å²) in [7, 11) is -2.74. The molecule has 1 aliphatic rings. The molecule has 2 aromatic heterocycles. The van der Waals surface area contributed by atoms with Gasteiger partial charge in [0.1, 0.15) is 16.7 Å². The first kappa shape index (κ1) is 24.2. The van der Waals surface area contributed by atoms with E-state index in [4.69, 9.17) is 9.47 Å². The van der Waals surface area contributed by atoms with Crippen molar-refractivity contribution < 1.29 is 27.5 Å². The van der Waals surface area contributed by atoms with Crippen LogP contribution in [0.5, 0.6) is 5.75 Å². The van der Waals surface area contributed by atoms with Gasteiger partial charge in [-0.2, -0.15) is 5.10 Å². The Kier molecular flexibility index (Phi) is 6.74. The number of pyridine rings is 1. The molecule has 3 aromatic rings. The van der Waals surface area contributed by atoms with Crippen LogP contribution < -0.4 is 14.8 Å². The van der Waals surface area contributed by atoms with Crippen molar-refractivity contribution >= 4 is 27.6 Å². The Balaban J connectivity index is 1.65. The van der Waals surface area contributed by atoms with Gasteiger partial charge in [0, 0.05) is 24.7 Å². The van der Waals surface area contributed by atoms with Crippen LogP contribution in [-0.2, 0) is 26.0 Å². The summed E-state index contributed by atoms with van der Waals surface area (Å²) in [6.45, 7) is 4.13. The summed E-state index contributed by atoms with van der Waals surface area (Å²) in [6, 6.07) is 5.51. The highest BCUT2D eigenvalue weighted by molar-refractivity contribution is 7.92. The fourth-order valence-electron chi connectivity index (χ4n) is 3.68. The Labute approximate surface area is 202 Å². The van der Waals surface area contributed by atoms with Gasteiger partial charge >= 0.3 is 5.97 Å². The third-order valence-electron chi connectivity index (χ3n) is 5.53. The average Bonchev–Trinajstić information content (AvgIpc) is 3.34. The lowest BCUT2D eigenvalue weighted by Gasteiger charge is -2.17. The summed E-state index contributed by atoms with van der Waals surface area (Å²) in [5.41, 5.74) is 2.26. The molecule has 184 valence electrons. The van der Waals surface area contributed by atoms with Crippen LogP contribution in [0.4, 0.5) is 5.69 Å². The number of fused-ring (bicyclic) bond motifs is 1. The maximum absolute atomic E-state index is 13.3. The zero-order valence-electron chi connectivity index (χ0n) is 19.4. The molecule has 0 aliphatic carbocycles. The summed E-state index contributed by atoms with van der Waals surface area (Å²) in [4.78, 5) is 28.3. The van der Waals surface area contributed by atoms with E-state index in [0.717, 1.165) is 0 Å². The SMILES string of the molecule is CCOC(=O)C(C)n1cc(-c2ccc(OC)c(S(=O)(=O)Nc3cnc4c(c3)C(=O)NCC4)c2)cn1. The molecule has 1 atom stereocenters. The number of benzene rings is 1. The minimum atomic E-state index is -4.11. The second-order valence-electron chi connectivity index (χ2n) is 7.83. The Bertz CT molecular complexity index is 1380. The summed E-state index contributed by atoms with van der Waals surface area (Å²) < 4.78 is 40.8. The van der Waals surface area contributed by atoms with Crippen LogP contribution in [0, 0.1) is 0 Å². The summed E-state index contributed by atoms with van der Waals surface area (Å²) in [5.74, 6) is -0.581. The largest absolute Gasteiger partial charge is 0.495 e. The highest BCUT2D eigenvalue weighted by Crippen LogP contribution is 2.31. The molecule has 0 saturated heterocycles. The molecule has 1 amide bonds. The second kappa shape index (κ2) is 9.74. The summed E-state index contributed by atoms with van der Waals surface area (Å²) in [6.07, 6.45) is 5.13. The predicted octanol–water partition coefficient (Wildman–Crippen LogP) is 2.16. The number of ether oxygens (including phenoxy) is 2. The lowest BCUT2D eigenvalue weighted by atomic mass is 10.1. The molecule has 0 fully saturated rings. The second-order valence-corrected chi connectivity index (χ2v) is 9.48. The van der Waals surface area contributed by atoms with Crippen molar-refractivity contribution in [3.8, 4) is 16.9 Å². The third-order valence-corrected chi connectivity index (χ3v) is 6.93. The van der Waals surface area contributed by atoms with E-state index in [1.165, 1.54) is 42.4 Å². The maximum Gasteiger partial charge on any atom is 0.330 e. The highest BCUT2D eigenvalue weighted by atomic mass is 32.2. The van der Waals surface area contributed by atoms with Gasteiger partial charge in [-0.3, -0.25) is 19.2 Å². The number of nitrogens with zero attached hydrogens (tertiary/aromatic N) is 3. The van der Waals surface area contributed by atoms with Crippen LogP contribution in [0.25, 0.3) is 11.1 Å². The zero-order chi connectivity index (χ0) is 25.2. The smallest absolute Gasteiger partial charge is 0.330 e. The highest BCUT2D eigenvalue weighted by Gasteiger charge is 2.24. The van der Waals surface area contributed by atoms with Crippen molar-refractivity contribution in [1.29, 1.82) is 0 Å². The van der Waals surface area contributed by atoms with Crippen molar-refractivity contribution in [2.45, 2.75) is 31.2 Å². The molecule has 11 nitrogen and oxygen atoms in total. The third kappa shape index (κ3) is 4.97. The number of hydrogen-bond acceptors (Lipinski definition) is 8. The van der Waals surface area contributed by atoms with Gasteiger partial charge in [-0.05, 0) is 37.6 Å². The number of anilines is 1. The predicted molar refractivity (Wildman–Crippen MR) is 127 cm³/mol. The molecule has 1 aromatic carbocycles. The van der Waals surface area contributed by atoms with Crippen LogP contribution in [0.2, 0.25) is 0 Å². The number of methoxy groups -OCH3 is 1. The van der Waals surface area contributed by atoms with Crippen molar-refractivity contribution in [3.63, 3.8) is 0 Å². The van der Waals surface area contributed by atoms with Crippen LogP contribution in [0.15, 0.2) is 47.8 Å². The molecule has 2 N–H and O–H groups in total. The van der Waals surface area contributed by atoms with Crippen molar-refractivity contribution in [3.05, 3.63) is 54.1 Å². The number of carbonyl (C=O) groups excluding carboxylic acids is 2. The number of rotatable bonds is 8. The first-order valence-electron chi connectivity index (χ1n) is 10.9. The van der Waals surface area contributed by atoms with Crippen LogP contribution in [0.3, 0.4) is 0 Å². The van der Waals surface area contributed by atoms with E-state index in [1.54, 1.807) is 26.1 Å². The van der Waals surface area contributed by atoms with E-state index in [1.807, 2.05) is 0 Å². The number of amides is 1. The van der Waals surface area contributed by atoms with Crippen LogP contribution >= 0.6 is 0 Å². The molecule has 0 radical (unpaired) electrons. The van der Waals surface area contributed by atoms with Gasteiger partial charge in [0.05, 0.1) is 43.1 Å². The summed E-state index contributed by atoms with van der Waals surface area (Å²) in [5, 5.41) is 6.93. The van der Waals surface area contributed by atoms with Crippen molar-refractivity contribution in [2.75, 3.05) is 25.0 Å². The van der Waals surface area contributed by atoms with Crippen LogP contribution in [0.1, 0.15) is 35.9 Å². The van der Waals surface area contributed by atoms with Gasteiger partial charge in [0.2, 0.25) is 0 Å². The molecular weight excluding hydrogens is 474 g/mol. The number of hydrogen-bond donors (Lipinski definition) is 2. The molecule has 3 heterocycles. The fourth-order valence-corrected chi connectivity index (χ4v) is 4.91. The Morgan fingerprint density at radius 2 is 2.06 bits per heavy atom. The van der Waals surface area contributed by atoms with E-state index >= 15 is 0 Å². The quantitative estimate of drug-likeness (QED) is 0.449. The number of sulfonamides is 1. The first-order chi connectivity index (χ1) is 16.7. The number of carbonyl (C=O) groups is 2. The Morgan fingerprint density at radius 1 is 1.26 bits per heavy atom.